The molecule has 0 fully saturated rings. The Hall–Kier alpha value is -0.490. The maximum Gasteiger partial charge on any atom is 0.0588 e. The standard InChI is InChI=1S/C13H17Cl/c1-9-7-11-5-3-4-6-13(14)12(11)8-10(9)2/h7-8,13H,3-6H2,1-2H3. The predicted molar refractivity (Wildman–Crippen MR) is 62.1 cm³/mol. The number of alkyl halides is 1. The smallest absolute Gasteiger partial charge is 0.0588 e. The topological polar surface area (TPSA) is 0 Å². The van der Waals surface area contributed by atoms with E-state index in [0.717, 1.165) is 6.42 Å². The highest BCUT2D eigenvalue weighted by Crippen LogP contribution is 2.34. The monoisotopic (exact) mass is 208 g/mol. The normalized spacial score (nSPS) is 21.5. The van der Waals surface area contributed by atoms with E-state index in [-0.39, 0.29) is 5.38 Å². The quantitative estimate of drug-likeness (QED) is 0.440. The van der Waals surface area contributed by atoms with Gasteiger partial charge in [-0.05, 0) is 55.4 Å². The lowest BCUT2D eigenvalue weighted by atomic mass is 9.97. The lowest BCUT2D eigenvalue weighted by Crippen LogP contribution is -1.96. The van der Waals surface area contributed by atoms with Crippen LogP contribution >= 0.6 is 11.6 Å². The third kappa shape index (κ3) is 1.81. The molecule has 1 atom stereocenters. The molecule has 0 amide bonds. The maximum absolute atomic E-state index is 6.38. The molecule has 76 valence electrons. The number of halogens is 1. The van der Waals surface area contributed by atoms with Crippen LogP contribution in [0.5, 0.6) is 0 Å². The summed E-state index contributed by atoms with van der Waals surface area (Å²) in [6.45, 7) is 4.36. The van der Waals surface area contributed by atoms with Crippen LogP contribution in [0.15, 0.2) is 12.1 Å². The largest absolute Gasteiger partial charge is 0.118 e. The molecule has 1 aliphatic rings. The lowest BCUT2D eigenvalue weighted by molar-refractivity contribution is 0.699. The Morgan fingerprint density at radius 2 is 1.86 bits per heavy atom. The Morgan fingerprint density at radius 3 is 2.64 bits per heavy atom. The summed E-state index contributed by atoms with van der Waals surface area (Å²) < 4.78 is 0. The van der Waals surface area contributed by atoms with Crippen molar-refractivity contribution in [2.45, 2.75) is 44.9 Å². The fraction of sp³-hybridized carbons (Fsp3) is 0.538. The van der Waals surface area contributed by atoms with E-state index in [0.29, 0.717) is 0 Å². The van der Waals surface area contributed by atoms with E-state index in [9.17, 15) is 0 Å². The van der Waals surface area contributed by atoms with Gasteiger partial charge in [-0.2, -0.15) is 0 Å². The van der Waals surface area contributed by atoms with E-state index in [2.05, 4.69) is 26.0 Å². The molecule has 0 heterocycles. The van der Waals surface area contributed by atoms with Crippen molar-refractivity contribution in [3.05, 3.63) is 34.4 Å². The molecule has 0 saturated heterocycles. The van der Waals surface area contributed by atoms with E-state index < -0.39 is 0 Å². The first kappa shape index (κ1) is 10.0. The number of hydrogen-bond donors (Lipinski definition) is 0. The Balaban J connectivity index is 2.49. The lowest BCUT2D eigenvalue weighted by Gasteiger charge is -2.13. The van der Waals surface area contributed by atoms with Crippen molar-refractivity contribution < 1.29 is 0 Å². The van der Waals surface area contributed by atoms with Gasteiger partial charge < -0.3 is 0 Å². The molecule has 0 aliphatic heterocycles. The van der Waals surface area contributed by atoms with Gasteiger partial charge in [0.05, 0.1) is 5.38 Å². The van der Waals surface area contributed by atoms with Gasteiger partial charge in [0.2, 0.25) is 0 Å². The molecule has 1 aromatic rings. The Bertz CT molecular complexity index is 341. The van der Waals surface area contributed by atoms with Crippen molar-refractivity contribution in [3.63, 3.8) is 0 Å². The molecule has 1 unspecified atom stereocenters. The fourth-order valence-electron chi connectivity index (χ4n) is 2.20. The molecule has 0 aromatic heterocycles. The number of aryl methyl sites for hydroxylation is 3. The summed E-state index contributed by atoms with van der Waals surface area (Å²) in [5.74, 6) is 0. The van der Waals surface area contributed by atoms with Gasteiger partial charge in [0.15, 0.2) is 0 Å². The van der Waals surface area contributed by atoms with Crippen LogP contribution in [0, 0.1) is 13.8 Å². The van der Waals surface area contributed by atoms with Crippen molar-refractivity contribution in [1.29, 1.82) is 0 Å². The molecule has 0 N–H and O–H groups in total. The summed E-state index contributed by atoms with van der Waals surface area (Å²) >= 11 is 6.38. The van der Waals surface area contributed by atoms with Gasteiger partial charge in [0, 0.05) is 0 Å². The van der Waals surface area contributed by atoms with E-state index in [4.69, 9.17) is 11.6 Å². The average Bonchev–Trinajstić information content (AvgIpc) is 2.31. The van der Waals surface area contributed by atoms with E-state index in [1.807, 2.05) is 0 Å². The zero-order valence-electron chi connectivity index (χ0n) is 8.94. The van der Waals surface area contributed by atoms with Gasteiger partial charge in [-0.3, -0.25) is 0 Å². The molecular weight excluding hydrogens is 192 g/mol. The summed E-state index contributed by atoms with van der Waals surface area (Å²) in [6.07, 6.45) is 4.90. The van der Waals surface area contributed by atoms with E-state index in [1.54, 1.807) is 0 Å². The van der Waals surface area contributed by atoms with Crippen molar-refractivity contribution >= 4 is 11.6 Å². The molecule has 0 spiro atoms. The SMILES string of the molecule is Cc1cc2c(cc1C)C(Cl)CCCC2. The van der Waals surface area contributed by atoms with Crippen LogP contribution in [0.1, 0.15) is 46.9 Å². The van der Waals surface area contributed by atoms with Crippen molar-refractivity contribution in [1.82, 2.24) is 0 Å². The van der Waals surface area contributed by atoms with Gasteiger partial charge in [-0.25, -0.2) is 0 Å². The molecule has 2 rings (SSSR count). The summed E-state index contributed by atoms with van der Waals surface area (Å²) in [5, 5.41) is 0.242. The summed E-state index contributed by atoms with van der Waals surface area (Å²) in [5.41, 5.74) is 5.63. The second-order valence-electron chi connectivity index (χ2n) is 4.35. The van der Waals surface area contributed by atoms with Crippen molar-refractivity contribution in [2.24, 2.45) is 0 Å². The van der Waals surface area contributed by atoms with Crippen molar-refractivity contribution in [2.75, 3.05) is 0 Å². The van der Waals surface area contributed by atoms with Crippen LogP contribution in [0.4, 0.5) is 0 Å². The first-order valence-corrected chi connectivity index (χ1v) is 5.86. The Labute approximate surface area is 91.3 Å². The van der Waals surface area contributed by atoms with Gasteiger partial charge in [-0.15, -0.1) is 11.6 Å². The van der Waals surface area contributed by atoms with Gasteiger partial charge in [0.25, 0.3) is 0 Å². The van der Waals surface area contributed by atoms with Crippen LogP contribution in [-0.4, -0.2) is 0 Å². The summed E-state index contributed by atoms with van der Waals surface area (Å²) in [4.78, 5) is 0. The van der Waals surface area contributed by atoms with Gasteiger partial charge in [-0.1, -0.05) is 18.6 Å². The minimum atomic E-state index is 0.242. The minimum absolute atomic E-state index is 0.242. The van der Waals surface area contributed by atoms with Gasteiger partial charge >= 0.3 is 0 Å². The first-order chi connectivity index (χ1) is 6.68. The summed E-state index contributed by atoms with van der Waals surface area (Å²) in [7, 11) is 0. The van der Waals surface area contributed by atoms with Crippen LogP contribution in [0.3, 0.4) is 0 Å². The highest BCUT2D eigenvalue weighted by molar-refractivity contribution is 6.20. The van der Waals surface area contributed by atoms with Crippen molar-refractivity contribution in [3.8, 4) is 0 Å². The van der Waals surface area contributed by atoms with Crippen LogP contribution < -0.4 is 0 Å². The second-order valence-corrected chi connectivity index (χ2v) is 4.88. The van der Waals surface area contributed by atoms with Crippen LogP contribution in [0.2, 0.25) is 0 Å². The third-order valence-electron chi connectivity index (χ3n) is 3.25. The Kier molecular flexibility index (Phi) is 2.83. The van der Waals surface area contributed by atoms with E-state index >= 15 is 0 Å². The molecule has 1 aromatic carbocycles. The fourth-order valence-corrected chi connectivity index (χ4v) is 2.56. The predicted octanol–water partition coefficient (Wildman–Crippen LogP) is 4.31. The Morgan fingerprint density at radius 1 is 1.14 bits per heavy atom. The molecule has 0 bridgehead atoms. The zero-order chi connectivity index (χ0) is 10.1. The minimum Gasteiger partial charge on any atom is -0.118 e. The number of fused-ring (bicyclic) bond motifs is 1. The molecule has 0 radical (unpaired) electrons. The van der Waals surface area contributed by atoms with Crippen LogP contribution in [0.25, 0.3) is 0 Å². The third-order valence-corrected chi connectivity index (χ3v) is 3.70. The maximum atomic E-state index is 6.38. The molecule has 1 aliphatic carbocycles. The molecule has 0 nitrogen and oxygen atoms in total. The summed E-state index contributed by atoms with van der Waals surface area (Å²) in [6, 6.07) is 4.61. The highest BCUT2D eigenvalue weighted by atomic mass is 35.5. The highest BCUT2D eigenvalue weighted by Gasteiger charge is 2.16. The first-order valence-electron chi connectivity index (χ1n) is 5.42. The second kappa shape index (κ2) is 3.94. The molecule has 1 heteroatoms. The zero-order valence-corrected chi connectivity index (χ0v) is 9.69. The molecule has 0 saturated carbocycles. The number of hydrogen-bond acceptors (Lipinski definition) is 0. The number of benzene rings is 1. The number of rotatable bonds is 0. The van der Waals surface area contributed by atoms with Crippen LogP contribution in [-0.2, 0) is 6.42 Å². The molecular formula is C13H17Cl. The van der Waals surface area contributed by atoms with E-state index in [1.165, 1.54) is 41.5 Å². The average molecular weight is 209 g/mol. The molecule has 14 heavy (non-hydrogen) atoms. The van der Waals surface area contributed by atoms with Gasteiger partial charge in [0.1, 0.15) is 0 Å².